The van der Waals surface area contributed by atoms with Gasteiger partial charge in [0, 0.05) is 17.1 Å². The van der Waals surface area contributed by atoms with Crippen molar-refractivity contribution in [1.29, 1.82) is 0 Å². The Morgan fingerprint density at radius 2 is 1.42 bits per heavy atom. The molecule has 11 heteroatoms. The highest BCUT2D eigenvalue weighted by Gasteiger charge is 2.74. The van der Waals surface area contributed by atoms with Crippen LogP contribution in [0.2, 0.25) is 5.02 Å². The van der Waals surface area contributed by atoms with Crippen LogP contribution in [-0.2, 0) is 5.92 Å². The third-order valence-electron chi connectivity index (χ3n) is 3.36. The summed E-state index contributed by atoms with van der Waals surface area (Å²) in [5.41, 5.74) is -2.50. The monoisotopic (exact) mass is 407 g/mol. The van der Waals surface area contributed by atoms with Crippen molar-refractivity contribution in [2.24, 2.45) is 10.3 Å². The second kappa shape index (κ2) is 7.58. The molecule has 0 fully saturated rings. The number of rotatable bonds is 6. The summed E-state index contributed by atoms with van der Waals surface area (Å²) in [5.74, 6) is -11.9. The SMILES string of the molecule is CC(C)N(N=Nc1ccc(Cl)cc1C(F)(F)C(F)(F)C(F)(F)F)C(C)C. The molecule has 0 aliphatic heterocycles. The van der Waals surface area contributed by atoms with E-state index in [4.69, 9.17) is 11.6 Å². The van der Waals surface area contributed by atoms with Gasteiger partial charge in [0.25, 0.3) is 0 Å². The maximum atomic E-state index is 14.1. The Bertz CT molecular complexity index is 649. The van der Waals surface area contributed by atoms with E-state index in [1.165, 1.54) is 5.01 Å². The lowest BCUT2D eigenvalue weighted by atomic mass is 10.00. The van der Waals surface area contributed by atoms with E-state index in [1.54, 1.807) is 27.7 Å². The molecule has 0 heterocycles. The number of hydrogen-bond donors (Lipinski definition) is 0. The number of halogens is 8. The van der Waals surface area contributed by atoms with Crippen LogP contribution in [0.3, 0.4) is 0 Å². The third-order valence-corrected chi connectivity index (χ3v) is 3.60. The van der Waals surface area contributed by atoms with E-state index >= 15 is 0 Å². The van der Waals surface area contributed by atoms with E-state index in [-0.39, 0.29) is 12.1 Å². The van der Waals surface area contributed by atoms with Gasteiger partial charge in [-0.15, -0.1) is 5.11 Å². The van der Waals surface area contributed by atoms with Crippen LogP contribution in [0, 0.1) is 0 Å². The van der Waals surface area contributed by atoms with Crippen molar-refractivity contribution < 1.29 is 30.7 Å². The molecule has 0 aliphatic carbocycles. The van der Waals surface area contributed by atoms with E-state index in [1.807, 2.05) is 0 Å². The Labute approximate surface area is 150 Å². The quantitative estimate of drug-likeness (QED) is 0.291. The summed E-state index contributed by atoms with van der Waals surface area (Å²) in [6.07, 6.45) is -6.46. The van der Waals surface area contributed by atoms with Gasteiger partial charge in [-0.25, -0.2) is 0 Å². The predicted molar refractivity (Wildman–Crippen MR) is 83.0 cm³/mol. The fraction of sp³-hybridized carbons (Fsp3) is 0.600. The first-order valence-electron chi connectivity index (χ1n) is 7.45. The first-order chi connectivity index (χ1) is 11.6. The van der Waals surface area contributed by atoms with Gasteiger partial charge in [0.2, 0.25) is 0 Å². The van der Waals surface area contributed by atoms with Gasteiger partial charge in [0.1, 0.15) is 0 Å². The van der Waals surface area contributed by atoms with Gasteiger partial charge in [-0.2, -0.15) is 30.7 Å². The van der Waals surface area contributed by atoms with Crippen LogP contribution in [0.15, 0.2) is 28.5 Å². The molecule has 1 aromatic rings. The molecule has 1 aromatic carbocycles. The summed E-state index contributed by atoms with van der Waals surface area (Å²) in [7, 11) is 0. The van der Waals surface area contributed by atoms with Crippen molar-refractivity contribution in [2.75, 3.05) is 0 Å². The maximum absolute atomic E-state index is 14.1. The molecule has 1 rings (SSSR count). The second-order valence-electron chi connectivity index (χ2n) is 6.06. The number of benzene rings is 1. The van der Waals surface area contributed by atoms with Crippen LogP contribution in [0.5, 0.6) is 0 Å². The van der Waals surface area contributed by atoms with E-state index in [0.717, 1.165) is 12.1 Å². The third kappa shape index (κ3) is 4.39. The Kier molecular flexibility index (Phi) is 6.54. The molecule has 0 unspecified atom stereocenters. The predicted octanol–water partition coefficient (Wildman–Crippen LogP) is 6.75. The van der Waals surface area contributed by atoms with E-state index in [2.05, 4.69) is 10.3 Å². The fourth-order valence-corrected chi connectivity index (χ4v) is 2.27. The number of hydrogen-bond acceptors (Lipinski definition) is 2. The van der Waals surface area contributed by atoms with Gasteiger partial charge in [0.15, 0.2) is 0 Å². The zero-order valence-corrected chi connectivity index (χ0v) is 15.0. The van der Waals surface area contributed by atoms with Crippen LogP contribution in [0.25, 0.3) is 0 Å². The van der Waals surface area contributed by atoms with Gasteiger partial charge in [0.05, 0.1) is 11.3 Å². The minimum absolute atomic E-state index is 0.216. The normalized spacial score (nSPS) is 13.9. The Morgan fingerprint density at radius 3 is 1.85 bits per heavy atom. The minimum Gasteiger partial charge on any atom is -0.273 e. The smallest absolute Gasteiger partial charge is 0.273 e. The summed E-state index contributed by atoms with van der Waals surface area (Å²) in [5, 5.41) is 8.09. The molecule has 26 heavy (non-hydrogen) atoms. The number of alkyl halides is 7. The largest absolute Gasteiger partial charge is 0.460 e. The number of nitrogens with zero attached hydrogens (tertiary/aromatic N) is 3. The minimum atomic E-state index is -6.46. The molecule has 0 radical (unpaired) electrons. The average molecular weight is 408 g/mol. The van der Waals surface area contributed by atoms with Crippen molar-refractivity contribution in [2.45, 2.75) is 57.8 Å². The molecule has 0 N–H and O–H groups in total. The van der Waals surface area contributed by atoms with Crippen LogP contribution >= 0.6 is 11.6 Å². The lowest BCUT2D eigenvalue weighted by Gasteiger charge is -2.29. The molecular formula is C15H17ClF7N3. The molecule has 0 aromatic heterocycles. The molecule has 0 aliphatic rings. The molecule has 0 saturated carbocycles. The van der Waals surface area contributed by atoms with Gasteiger partial charge in [-0.3, -0.25) is 5.01 Å². The van der Waals surface area contributed by atoms with Gasteiger partial charge < -0.3 is 0 Å². The zero-order chi connectivity index (χ0) is 20.5. The highest BCUT2D eigenvalue weighted by Crippen LogP contribution is 2.54. The van der Waals surface area contributed by atoms with Crippen molar-refractivity contribution in [1.82, 2.24) is 5.01 Å². The van der Waals surface area contributed by atoms with E-state index in [0.29, 0.717) is 6.07 Å². The Hall–Kier alpha value is -1.58. The van der Waals surface area contributed by atoms with Crippen molar-refractivity contribution >= 4 is 17.3 Å². The molecule has 0 atom stereocenters. The van der Waals surface area contributed by atoms with Gasteiger partial charge in [-0.05, 0) is 45.9 Å². The summed E-state index contributed by atoms with van der Waals surface area (Å²) < 4.78 is 92.2. The Morgan fingerprint density at radius 1 is 0.923 bits per heavy atom. The first kappa shape index (κ1) is 22.5. The standard InChI is InChI=1S/C15H17ClF7N3/c1-8(2)26(9(3)4)25-24-12-6-5-10(16)7-11(12)13(17,18)14(19,20)15(21,22)23/h5-9H,1-4H3. The van der Waals surface area contributed by atoms with Crippen molar-refractivity contribution in [3.05, 3.63) is 28.8 Å². The molecular weight excluding hydrogens is 391 g/mol. The molecule has 0 saturated heterocycles. The summed E-state index contributed by atoms with van der Waals surface area (Å²) in [6.45, 7) is 6.87. The van der Waals surface area contributed by atoms with Crippen LogP contribution in [0.4, 0.5) is 36.4 Å². The van der Waals surface area contributed by atoms with Gasteiger partial charge >= 0.3 is 18.0 Å². The molecule has 148 valence electrons. The fourth-order valence-electron chi connectivity index (χ4n) is 2.10. The van der Waals surface area contributed by atoms with Gasteiger partial charge in [-0.1, -0.05) is 16.8 Å². The highest BCUT2D eigenvalue weighted by molar-refractivity contribution is 6.30. The summed E-state index contributed by atoms with van der Waals surface area (Å²) in [6, 6.07) is 1.74. The summed E-state index contributed by atoms with van der Waals surface area (Å²) in [4.78, 5) is 0. The molecule has 3 nitrogen and oxygen atoms in total. The molecule has 0 amide bonds. The second-order valence-corrected chi connectivity index (χ2v) is 6.50. The molecule has 0 bridgehead atoms. The van der Waals surface area contributed by atoms with Crippen molar-refractivity contribution in [3.63, 3.8) is 0 Å². The summed E-state index contributed by atoms with van der Waals surface area (Å²) >= 11 is 5.51. The van der Waals surface area contributed by atoms with E-state index < -0.39 is 34.3 Å². The van der Waals surface area contributed by atoms with Crippen LogP contribution < -0.4 is 0 Å². The van der Waals surface area contributed by atoms with Crippen LogP contribution in [0.1, 0.15) is 33.3 Å². The first-order valence-corrected chi connectivity index (χ1v) is 7.83. The Balaban J connectivity index is 3.48. The van der Waals surface area contributed by atoms with E-state index in [9.17, 15) is 30.7 Å². The average Bonchev–Trinajstić information content (AvgIpc) is 2.46. The topological polar surface area (TPSA) is 28.0 Å². The highest BCUT2D eigenvalue weighted by atomic mass is 35.5. The van der Waals surface area contributed by atoms with Crippen molar-refractivity contribution in [3.8, 4) is 0 Å². The lowest BCUT2D eigenvalue weighted by Crippen LogP contribution is -2.50. The zero-order valence-electron chi connectivity index (χ0n) is 14.3. The lowest BCUT2D eigenvalue weighted by molar-refractivity contribution is -0.359. The molecule has 0 spiro atoms. The maximum Gasteiger partial charge on any atom is 0.460 e. The van der Waals surface area contributed by atoms with Crippen LogP contribution in [-0.4, -0.2) is 29.2 Å².